The molecule has 0 radical (unpaired) electrons. The first-order valence-corrected chi connectivity index (χ1v) is 9.03. The van der Waals surface area contributed by atoms with Crippen molar-refractivity contribution in [2.24, 2.45) is 0 Å². The zero-order valence-corrected chi connectivity index (χ0v) is 16.5. The molecule has 8 heteroatoms. The number of carbonyl (C=O) groups is 4. The van der Waals surface area contributed by atoms with Crippen molar-refractivity contribution in [3.05, 3.63) is 54.1 Å². The van der Waals surface area contributed by atoms with Crippen molar-refractivity contribution in [2.75, 3.05) is 28.7 Å². The minimum Gasteiger partial charge on any atom is -0.462 e. The molecular formula is C21H23N3O5. The molecule has 0 aliphatic rings. The molecule has 2 rings (SSSR count). The fraction of sp³-hybridized carbons (Fsp3) is 0.238. The Hall–Kier alpha value is -3.68. The molecule has 0 fully saturated rings. The van der Waals surface area contributed by atoms with E-state index in [1.165, 1.54) is 18.7 Å². The van der Waals surface area contributed by atoms with Crippen LogP contribution in [0, 0.1) is 0 Å². The Balaban J connectivity index is 2.04. The minimum atomic E-state index is -0.450. The maximum Gasteiger partial charge on any atom is 0.338 e. The molecule has 0 saturated carbocycles. The van der Waals surface area contributed by atoms with Gasteiger partial charge in [-0.1, -0.05) is 0 Å². The summed E-state index contributed by atoms with van der Waals surface area (Å²) >= 11 is 0. The molecule has 0 atom stereocenters. The highest BCUT2D eigenvalue weighted by molar-refractivity contribution is 6.02. The third-order valence-corrected chi connectivity index (χ3v) is 3.86. The predicted octanol–water partition coefficient (Wildman–Crippen LogP) is 2.81. The molecule has 0 unspecified atom stereocenters. The number of carbonyl (C=O) groups excluding carboxylic acids is 4. The van der Waals surface area contributed by atoms with Crippen LogP contribution in [0.3, 0.4) is 0 Å². The smallest absolute Gasteiger partial charge is 0.338 e. The number of benzene rings is 2. The number of rotatable bonds is 7. The lowest BCUT2D eigenvalue weighted by atomic mass is 10.2. The number of esters is 1. The molecule has 0 aliphatic carbocycles. The second kappa shape index (κ2) is 10.0. The number of ether oxygens (including phenoxy) is 1. The minimum absolute atomic E-state index is 0.187. The number of hydrogen-bond acceptors (Lipinski definition) is 5. The van der Waals surface area contributed by atoms with E-state index in [1.54, 1.807) is 55.5 Å². The lowest BCUT2D eigenvalue weighted by molar-refractivity contribution is -0.120. The first-order valence-electron chi connectivity index (χ1n) is 9.03. The second-order valence-corrected chi connectivity index (χ2v) is 6.18. The summed E-state index contributed by atoms with van der Waals surface area (Å²) in [6.07, 6.45) is 0. The predicted molar refractivity (Wildman–Crippen MR) is 110 cm³/mol. The lowest BCUT2D eigenvalue weighted by Crippen LogP contribution is -2.36. The van der Waals surface area contributed by atoms with E-state index in [2.05, 4.69) is 10.6 Å². The third kappa shape index (κ3) is 6.46. The molecule has 3 amide bonds. The summed E-state index contributed by atoms with van der Waals surface area (Å²) in [6.45, 7) is 4.56. The maximum absolute atomic E-state index is 12.4. The number of amides is 3. The van der Waals surface area contributed by atoms with Gasteiger partial charge >= 0.3 is 5.97 Å². The molecule has 0 heterocycles. The molecule has 2 aromatic carbocycles. The summed E-state index contributed by atoms with van der Waals surface area (Å²) in [5.41, 5.74) is 2.00. The van der Waals surface area contributed by atoms with E-state index in [0.717, 1.165) is 0 Å². The molecule has 29 heavy (non-hydrogen) atoms. The van der Waals surface area contributed by atoms with Crippen LogP contribution in [0.25, 0.3) is 0 Å². The Kier molecular flexibility index (Phi) is 7.47. The van der Waals surface area contributed by atoms with Gasteiger partial charge in [0.2, 0.25) is 17.7 Å². The van der Waals surface area contributed by atoms with Gasteiger partial charge in [0.25, 0.3) is 0 Å². The van der Waals surface area contributed by atoms with E-state index in [9.17, 15) is 19.2 Å². The second-order valence-electron chi connectivity index (χ2n) is 6.18. The van der Waals surface area contributed by atoms with Gasteiger partial charge in [0, 0.05) is 30.9 Å². The van der Waals surface area contributed by atoms with Gasteiger partial charge in [-0.05, 0) is 55.5 Å². The van der Waals surface area contributed by atoms with Crippen LogP contribution < -0.4 is 15.5 Å². The molecule has 2 N–H and O–H groups in total. The Labute approximate surface area is 168 Å². The van der Waals surface area contributed by atoms with Crippen molar-refractivity contribution in [3.63, 3.8) is 0 Å². The Morgan fingerprint density at radius 2 is 1.41 bits per heavy atom. The van der Waals surface area contributed by atoms with E-state index in [4.69, 9.17) is 4.74 Å². The van der Waals surface area contributed by atoms with Crippen LogP contribution in [0.2, 0.25) is 0 Å². The molecule has 0 saturated heterocycles. The lowest BCUT2D eigenvalue weighted by Gasteiger charge is -2.21. The van der Waals surface area contributed by atoms with Crippen LogP contribution in [0.15, 0.2) is 48.5 Å². The summed E-state index contributed by atoms with van der Waals surface area (Å²) in [6, 6.07) is 12.9. The summed E-state index contributed by atoms with van der Waals surface area (Å²) in [5.74, 6) is -1.34. The van der Waals surface area contributed by atoms with Crippen molar-refractivity contribution in [3.8, 4) is 0 Å². The average Bonchev–Trinajstić information content (AvgIpc) is 2.67. The van der Waals surface area contributed by atoms with E-state index >= 15 is 0 Å². The van der Waals surface area contributed by atoms with Crippen molar-refractivity contribution < 1.29 is 23.9 Å². The maximum atomic E-state index is 12.4. The van der Waals surface area contributed by atoms with Crippen molar-refractivity contribution >= 4 is 40.8 Å². The monoisotopic (exact) mass is 397 g/mol. The zero-order chi connectivity index (χ0) is 21.4. The highest BCUT2D eigenvalue weighted by Crippen LogP contribution is 2.17. The molecule has 0 aliphatic heterocycles. The van der Waals surface area contributed by atoms with Crippen LogP contribution in [-0.4, -0.2) is 36.8 Å². The molecule has 0 aromatic heterocycles. The molecule has 0 spiro atoms. The van der Waals surface area contributed by atoms with Crippen LogP contribution in [0.4, 0.5) is 17.1 Å². The third-order valence-electron chi connectivity index (χ3n) is 3.86. The van der Waals surface area contributed by atoms with E-state index in [-0.39, 0.29) is 30.9 Å². The topological polar surface area (TPSA) is 105 Å². The van der Waals surface area contributed by atoms with Crippen LogP contribution in [-0.2, 0) is 19.1 Å². The molecule has 8 nitrogen and oxygen atoms in total. The SMILES string of the molecule is CCOC(=O)c1ccc(N(CC(=O)Nc2ccc(NC(C)=O)cc2)C(C)=O)cc1. The van der Waals surface area contributed by atoms with Gasteiger partial charge in [0.1, 0.15) is 6.54 Å². The van der Waals surface area contributed by atoms with E-state index in [1.807, 2.05) is 0 Å². The van der Waals surface area contributed by atoms with Gasteiger partial charge in [0.05, 0.1) is 12.2 Å². The quantitative estimate of drug-likeness (QED) is 0.699. The normalized spacial score (nSPS) is 10.0. The van der Waals surface area contributed by atoms with Gasteiger partial charge in [0.15, 0.2) is 0 Å². The van der Waals surface area contributed by atoms with Crippen LogP contribution in [0.5, 0.6) is 0 Å². The Bertz CT molecular complexity index is 892. The van der Waals surface area contributed by atoms with E-state index < -0.39 is 5.97 Å². The molecule has 0 bridgehead atoms. The largest absolute Gasteiger partial charge is 0.462 e. The summed E-state index contributed by atoms with van der Waals surface area (Å²) in [4.78, 5) is 48.5. The fourth-order valence-corrected chi connectivity index (χ4v) is 2.56. The van der Waals surface area contributed by atoms with Crippen molar-refractivity contribution in [2.45, 2.75) is 20.8 Å². The molecular weight excluding hydrogens is 374 g/mol. The van der Waals surface area contributed by atoms with Gasteiger partial charge < -0.3 is 20.3 Å². The van der Waals surface area contributed by atoms with Crippen LogP contribution in [0.1, 0.15) is 31.1 Å². The number of nitrogens with one attached hydrogen (secondary N) is 2. The summed E-state index contributed by atoms with van der Waals surface area (Å²) in [5, 5.41) is 5.34. The zero-order valence-electron chi connectivity index (χ0n) is 16.5. The number of anilines is 3. The standard InChI is InChI=1S/C21H23N3O5/c1-4-29-21(28)16-5-11-19(12-6-16)24(15(3)26)13-20(27)23-18-9-7-17(8-10-18)22-14(2)25/h5-12H,4,13H2,1-3H3,(H,22,25)(H,23,27). The van der Waals surface area contributed by atoms with E-state index in [0.29, 0.717) is 22.6 Å². The first kappa shape index (κ1) is 21.6. The van der Waals surface area contributed by atoms with Gasteiger partial charge in [-0.3, -0.25) is 14.4 Å². The van der Waals surface area contributed by atoms with Gasteiger partial charge in [-0.25, -0.2) is 4.79 Å². The summed E-state index contributed by atoms with van der Waals surface area (Å²) < 4.78 is 4.93. The highest BCUT2D eigenvalue weighted by atomic mass is 16.5. The number of hydrogen-bond donors (Lipinski definition) is 2. The van der Waals surface area contributed by atoms with Crippen LogP contribution >= 0.6 is 0 Å². The van der Waals surface area contributed by atoms with Crippen molar-refractivity contribution in [1.82, 2.24) is 0 Å². The first-order chi connectivity index (χ1) is 13.8. The molecule has 2 aromatic rings. The highest BCUT2D eigenvalue weighted by Gasteiger charge is 2.17. The average molecular weight is 397 g/mol. The number of nitrogens with zero attached hydrogens (tertiary/aromatic N) is 1. The van der Waals surface area contributed by atoms with Gasteiger partial charge in [-0.15, -0.1) is 0 Å². The summed E-state index contributed by atoms with van der Waals surface area (Å²) in [7, 11) is 0. The Morgan fingerprint density at radius 1 is 0.862 bits per heavy atom. The Morgan fingerprint density at radius 3 is 1.90 bits per heavy atom. The van der Waals surface area contributed by atoms with Crippen molar-refractivity contribution in [1.29, 1.82) is 0 Å². The fourth-order valence-electron chi connectivity index (χ4n) is 2.56. The van der Waals surface area contributed by atoms with Gasteiger partial charge in [-0.2, -0.15) is 0 Å². The molecule has 152 valence electrons.